The normalized spacial score (nSPS) is 13.9. The first-order chi connectivity index (χ1) is 9.08. The molecule has 0 bridgehead atoms. The van der Waals surface area contributed by atoms with Crippen LogP contribution in [0.5, 0.6) is 5.75 Å². The van der Waals surface area contributed by atoms with E-state index in [1.807, 2.05) is 0 Å². The van der Waals surface area contributed by atoms with Crippen LogP contribution >= 0.6 is 15.9 Å². The number of carbonyl (C=O) groups excluding carboxylic acids is 1. The van der Waals surface area contributed by atoms with Crippen molar-refractivity contribution in [2.75, 3.05) is 6.61 Å². The zero-order valence-electron chi connectivity index (χ0n) is 10.2. The number of nitrogens with one attached hydrogen (secondary N) is 1. The second kappa shape index (κ2) is 6.06. The Morgan fingerprint density at radius 1 is 1.42 bits per heavy atom. The van der Waals surface area contributed by atoms with Gasteiger partial charge in [-0.3, -0.25) is 4.79 Å². The van der Waals surface area contributed by atoms with Crippen molar-refractivity contribution < 1.29 is 19.4 Å². The fourth-order valence-electron chi connectivity index (χ4n) is 1.60. The van der Waals surface area contributed by atoms with E-state index < -0.39 is 5.97 Å². The Balaban J connectivity index is 1.91. The van der Waals surface area contributed by atoms with Gasteiger partial charge < -0.3 is 15.2 Å². The lowest BCUT2D eigenvalue weighted by molar-refractivity contribution is -0.121. The molecule has 0 aliphatic heterocycles. The smallest absolute Gasteiger partial charge is 0.339 e. The van der Waals surface area contributed by atoms with Gasteiger partial charge in [0.15, 0.2) is 0 Å². The Labute approximate surface area is 119 Å². The van der Waals surface area contributed by atoms with Gasteiger partial charge in [-0.05, 0) is 40.9 Å². The summed E-state index contributed by atoms with van der Waals surface area (Å²) in [5.74, 6) is -0.862. The lowest BCUT2D eigenvalue weighted by atomic mass is 10.2. The lowest BCUT2D eigenvalue weighted by Gasteiger charge is -2.11. The number of hydrogen-bond acceptors (Lipinski definition) is 3. The number of amides is 1. The molecule has 1 fully saturated rings. The fourth-order valence-corrected chi connectivity index (χ4v) is 2.08. The predicted molar refractivity (Wildman–Crippen MR) is 72.4 cm³/mol. The zero-order chi connectivity index (χ0) is 13.8. The van der Waals surface area contributed by atoms with Crippen LogP contribution in [-0.2, 0) is 4.79 Å². The molecule has 1 saturated carbocycles. The molecule has 1 aliphatic carbocycles. The van der Waals surface area contributed by atoms with Gasteiger partial charge in [0.25, 0.3) is 0 Å². The van der Waals surface area contributed by atoms with Gasteiger partial charge in [0.1, 0.15) is 11.3 Å². The number of halogens is 1. The Kier molecular flexibility index (Phi) is 4.42. The Bertz CT molecular complexity index is 499. The first-order valence-corrected chi connectivity index (χ1v) is 6.81. The fraction of sp³-hybridized carbons (Fsp3) is 0.385. The monoisotopic (exact) mass is 327 g/mol. The summed E-state index contributed by atoms with van der Waals surface area (Å²) in [6.45, 7) is 0.154. The van der Waals surface area contributed by atoms with Crippen LogP contribution in [0.3, 0.4) is 0 Å². The van der Waals surface area contributed by atoms with Crippen LogP contribution in [0.25, 0.3) is 0 Å². The third-order valence-electron chi connectivity index (χ3n) is 2.72. The molecule has 0 atom stereocenters. The molecule has 0 aromatic heterocycles. The highest BCUT2D eigenvalue weighted by Gasteiger charge is 2.23. The molecule has 1 aromatic carbocycles. The molecule has 0 heterocycles. The number of ether oxygens (including phenoxy) is 1. The quantitative estimate of drug-likeness (QED) is 0.839. The first-order valence-electron chi connectivity index (χ1n) is 6.02. The summed E-state index contributed by atoms with van der Waals surface area (Å²) in [6, 6.07) is 5.12. The van der Waals surface area contributed by atoms with Crippen molar-refractivity contribution in [3.63, 3.8) is 0 Å². The van der Waals surface area contributed by atoms with Crippen LogP contribution in [0, 0.1) is 0 Å². The lowest BCUT2D eigenvalue weighted by Crippen LogP contribution is -2.26. The summed E-state index contributed by atoms with van der Waals surface area (Å²) in [6.07, 6.45) is 2.30. The van der Waals surface area contributed by atoms with Crippen molar-refractivity contribution >= 4 is 27.8 Å². The van der Waals surface area contributed by atoms with E-state index in [4.69, 9.17) is 9.84 Å². The molecule has 0 unspecified atom stereocenters. The molecule has 5 nitrogen and oxygen atoms in total. The summed E-state index contributed by atoms with van der Waals surface area (Å²) >= 11 is 3.24. The largest absolute Gasteiger partial charge is 0.491 e. The molecular weight excluding hydrogens is 314 g/mol. The van der Waals surface area contributed by atoms with Gasteiger partial charge in [-0.1, -0.05) is 6.07 Å². The number of benzene rings is 1. The molecule has 19 heavy (non-hydrogen) atoms. The molecule has 0 saturated heterocycles. The second-order valence-corrected chi connectivity index (χ2v) is 5.22. The average Bonchev–Trinajstić information content (AvgIpc) is 3.14. The van der Waals surface area contributed by atoms with Crippen molar-refractivity contribution in [1.82, 2.24) is 5.32 Å². The summed E-state index contributed by atoms with van der Waals surface area (Å²) in [5, 5.41) is 11.9. The van der Waals surface area contributed by atoms with Crippen molar-refractivity contribution in [1.29, 1.82) is 0 Å². The minimum absolute atomic E-state index is 0.0635. The third-order valence-corrected chi connectivity index (χ3v) is 3.34. The van der Waals surface area contributed by atoms with E-state index in [-0.39, 0.29) is 30.2 Å². The molecular formula is C13H14BrNO4. The molecule has 0 spiro atoms. The highest BCUT2D eigenvalue weighted by Crippen LogP contribution is 2.29. The Hall–Kier alpha value is -1.56. The standard InChI is InChI=1S/C13H14BrNO4/c14-10-3-1-2-9(13(17)18)12(10)19-7-6-11(16)15-8-4-5-8/h1-3,8H,4-7H2,(H,15,16)(H,17,18). The topological polar surface area (TPSA) is 75.6 Å². The van der Waals surface area contributed by atoms with Gasteiger partial charge in [-0.15, -0.1) is 0 Å². The number of carbonyl (C=O) groups is 2. The first kappa shape index (κ1) is 13.9. The summed E-state index contributed by atoms with van der Waals surface area (Å²) < 4.78 is 5.98. The molecule has 102 valence electrons. The molecule has 2 rings (SSSR count). The van der Waals surface area contributed by atoms with E-state index in [9.17, 15) is 9.59 Å². The van der Waals surface area contributed by atoms with Crippen LogP contribution in [0.4, 0.5) is 0 Å². The number of aromatic carboxylic acids is 1. The van der Waals surface area contributed by atoms with Crippen molar-refractivity contribution in [3.05, 3.63) is 28.2 Å². The predicted octanol–water partition coefficient (Wildman–Crippen LogP) is 2.19. The van der Waals surface area contributed by atoms with E-state index in [0.717, 1.165) is 12.8 Å². The van der Waals surface area contributed by atoms with Crippen LogP contribution < -0.4 is 10.1 Å². The van der Waals surface area contributed by atoms with Gasteiger partial charge >= 0.3 is 5.97 Å². The van der Waals surface area contributed by atoms with Crippen LogP contribution in [0.1, 0.15) is 29.6 Å². The number of para-hydroxylation sites is 1. The molecule has 6 heteroatoms. The van der Waals surface area contributed by atoms with Gasteiger partial charge in [0.2, 0.25) is 5.91 Å². The van der Waals surface area contributed by atoms with E-state index in [1.165, 1.54) is 6.07 Å². The summed E-state index contributed by atoms with van der Waals surface area (Å²) in [4.78, 5) is 22.5. The number of hydrogen-bond donors (Lipinski definition) is 2. The van der Waals surface area contributed by atoms with Crippen LogP contribution in [0.15, 0.2) is 22.7 Å². The summed E-state index contributed by atoms with van der Waals surface area (Å²) in [5.41, 5.74) is 0.0805. The maximum absolute atomic E-state index is 11.5. The minimum Gasteiger partial charge on any atom is -0.491 e. The average molecular weight is 328 g/mol. The minimum atomic E-state index is -1.06. The second-order valence-electron chi connectivity index (χ2n) is 4.36. The maximum Gasteiger partial charge on any atom is 0.339 e. The third kappa shape index (κ3) is 3.96. The molecule has 0 radical (unpaired) electrons. The van der Waals surface area contributed by atoms with E-state index in [1.54, 1.807) is 12.1 Å². The van der Waals surface area contributed by atoms with Crippen molar-refractivity contribution in [2.45, 2.75) is 25.3 Å². The van der Waals surface area contributed by atoms with E-state index >= 15 is 0 Å². The maximum atomic E-state index is 11.5. The van der Waals surface area contributed by atoms with Gasteiger partial charge in [-0.2, -0.15) is 0 Å². The summed E-state index contributed by atoms with van der Waals surface area (Å²) in [7, 11) is 0. The van der Waals surface area contributed by atoms with Crippen molar-refractivity contribution in [2.24, 2.45) is 0 Å². The van der Waals surface area contributed by atoms with Gasteiger partial charge in [-0.25, -0.2) is 4.79 Å². The van der Waals surface area contributed by atoms with Gasteiger partial charge in [0, 0.05) is 6.04 Å². The SMILES string of the molecule is O=C(CCOc1c(Br)cccc1C(=O)O)NC1CC1. The number of carboxylic acid groups (broad SMARTS) is 1. The zero-order valence-corrected chi connectivity index (χ0v) is 11.8. The Morgan fingerprint density at radius 2 is 2.16 bits per heavy atom. The van der Waals surface area contributed by atoms with Crippen LogP contribution in [-0.4, -0.2) is 29.6 Å². The number of carboxylic acids is 1. The molecule has 1 aliphatic rings. The van der Waals surface area contributed by atoms with Crippen molar-refractivity contribution in [3.8, 4) is 5.75 Å². The van der Waals surface area contributed by atoms with Gasteiger partial charge in [0.05, 0.1) is 17.5 Å². The van der Waals surface area contributed by atoms with E-state index in [2.05, 4.69) is 21.2 Å². The van der Waals surface area contributed by atoms with Crippen LogP contribution in [0.2, 0.25) is 0 Å². The number of rotatable bonds is 6. The highest BCUT2D eigenvalue weighted by molar-refractivity contribution is 9.10. The highest BCUT2D eigenvalue weighted by atomic mass is 79.9. The molecule has 2 N–H and O–H groups in total. The van der Waals surface area contributed by atoms with E-state index in [0.29, 0.717) is 10.5 Å². The molecule has 1 aromatic rings. The molecule has 1 amide bonds. The Morgan fingerprint density at radius 3 is 2.79 bits per heavy atom.